The second-order valence-electron chi connectivity index (χ2n) is 6.78. The van der Waals surface area contributed by atoms with Crippen LogP contribution in [0.5, 0.6) is 0 Å². The van der Waals surface area contributed by atoms with E-state index < -0.39 is 0 Å². The lowest BCUT2D eigenvalue weighted by atomic mass is 10.3. The van der Waals surface area contributed by atoms with Crippen LogP contribution in [0.1, 0.15) is 5.69 Å². The van der Waals surface area contributed by atoms with Gasteiger partial charge in [0.2, 0.25) is 5.95 Å². The molecule has 0 spiro atoms. The Kier molecular flexibility index (Phi) is 4.71. The van der Waals surface area contributed by atoms with Crippen molar-refractivity contribution in [3.05, 3.63) is 38.7 Å². The lowest BCUT2D eigenvalue weighted by Gasteiger charge is -2.37. The van der Waals surface area contributed by atoms with Gasteiger partial charge in [-0.3, -0.25) is 13.9 Å². The first kappa shape index (κ1) is 18.0. The van der Waals surface area contributed by atoms with Gasteiger partial charge in [0, 0.05) is 72.2 Å². The summed E-state index contributed by atoms with van der Waals surface area (Å²) in [6.07, 6.45) is 0. The molecule has 0 radical (unpaired) electrons. The van der Waals surface area contributed by atoms with Crippen LogP contribution in [-0.2, 0) is 14.1 Å². The minimum atomic E-state index is -0.308. The Balaban J connectivity index is 1.80. The Labute approximate surface area is 152 Å². The van der Waals surface area contributed by atoms with Gasteiger partial charge in [0.25, 0.3) is 5.56 Å². The van der Waals surface area contributed by atoms with Crippen molar-refractivity contribution < 1.29 is 0 Å². The fourth-order valence-corrected chi connectivity index (χ4v) is 3.09. The van der Waals surface area contributed by atoms with Gasteiger partial charge in [0.15, 0.2) is 0 Å². The van der Waals surface area contributed by atoms with Gasteiger partial charge < -0.3 is 14.7 Å². The van der Waals surface area contributed by atoms with Crippen LogP contribution in [0, 0.1) is 6.92 Å². The van der Waals surface area contributed by atoms with Gasteiger partial charge in [-0.1, -0.05) is 0 Å². The Bertz CT molecular complexity index is 924. The van der Waals surface area contributed by atoms with Crippen LogP contribution in [0.4, 0.5) is 17.6 Å². The summed E-state index contributed by atoms with van der Waals surface area (Å²) >= 11 is 0. The maximum absolute atomic E-state index is 12.1. The van der Waals surface area contributed by atoms with E-state index in [1.54, 1.807) is 7.05 Å². The molecule has 0 bridgehead atoms. The van der Waals surface area contributed by atoms with Crippen molar-refractivity contribution in [3.8, 4) is 0 Å². The van der Waals surface area contributed by atoms with Gasteiger partial charge >= 0.3 is 5.69 Å². The third-order valence-corrected chi connectivity index (χ3v) is 4.66. The predicted molar refractivity (Wildman–Crippen MR) is 102 cm³/mol. The van der Waals surface area contributed by atoms with Crippen LogP contribution in [0.25, 0.3) is 0 Å². The molecule has 26 heavy (non-hydrogen) atoms. The van der Waals surface area contributed by atoms with E-state index in [-0.39, 0.29) is 11.2 Å². The first-order valence-electron chi connectivity index (χ1n) is 8.58. The first-order chi connectivity index (χ1) is 12.3. The fourth-order valence-electron chi connectivity index (χ4n) is 3.09. The summed E-state index contributed by atoms with van der Waals surface area (Å²) in [4.78, 5) is 39.3. The molecule has 3 rings (SSSR count). The van der Waals surface area contributed by atoms with Gasteiger partial charge in [-0.25, -0.2) is 9.78 Å². The summed E-state index contributed by atoms with van der Waals surface area (Å²) in [5.74, 6) is 2.25. The quantitative estimate of drug-likeness (QED) is 0.736. The molecule has 2 aromatic rings. The van der Waals surface area contributed by atoms with Crippen molar-refractivity contribution >= 4 is 17.6 Å². The lowest BCUT2D eigenvalue weighted by molar-refractivity contribution is 0.607. The predicted octanol–water partition coefficient (Wildman–Crippen LogP) is -0.425. The van der Waals surface area contributed by atoms with Crippen LogP contribution in [0.3, 0.4) is 0 Å². The molecule has 0 N–H and O–H groups in total. The number of hydrogen-bond acceptors (Lipinski definition) is 7. The third kappa shape index (κ3) is 3.29. The fraction of sp³-hybridized carbons (Fsp3) is 0.529. The van der Waals surface area contributed by atoms with Crippen LogP contribution >= 0.6 is 0 Å². The van der Waals surface area contributed by atoms with Crippen molar-refractivity contribution in [2.75, 3.05) is 55.0 Å². The minimum absolute atomic E-state index is 0.285. The molecule has 1 fully saturated rings. The summed E-state index contributed by atoms with van der Waals surface area (Å²) in [6, 6.07) is 3.51. The molecule has 0 unspecified atom stereocenters. The van der Waals surface area contributed by atoms with Crippen molar-refractivity contribution in [1.29, 1.82) is 0 Å². The average molecular weight is 359 g/mol. The van der Waals surface area contributed by atoms with Gasteiger partial charge in [0.1, 0.15) is 11.6 Å². The molecular weight excluding hydrogens is 334 g/mol. The molecule has 0 saturated carbocycles. The van der Waals surface area contributed by atoms with Crippen molar-refractivity contribution in [2.24, 2.45) is 14.1 Å². The van der Waals surface area contributed by atoms with Gasteiger partial charge in [-0.2, -0.15) is 4.98 Å². The maximum atomic E-state index is 12.1. The number of piperazine rings is 1. The normalized spacial score (nSPS) is 14.7. The Morgan fingerprint density at radius 1 is 0.923 bits per heavy atom. The van der Waals surface area contributed by atoms with E-state index in [2.05, 4.69) is 19.8 Å². The molecule has 0 amide bonds. The molecule has 140 valence electrons. The van der Waals surface area contributed by atoms with E-state index in [1.807, 2.05) is 32.0 Å². The second-order valence-corrected chi connectivity index (χ2v) is 6.78. The Morgan fingerprint density at radius 3 is 2.15 bits per heavy atom. The Morgan fingerprint density at radius 2 is 1.54 bits per heavy atom. The number of aromatic nitrogens is 4. The van der Waals surface area contributed by atoms with Crippen LogP contribution in [0.15, 0.2) is 21.7 Å². The van der Waals surface area contributed by atoms with Crippen LogP contribution in [0.2, 0.25) is 0 Å². The largest absolute Gasteiger partial charge is 0.354 e. The number of rotatable bonds is 3. The average Bonchev–Trinajstić information content (AvgIpc) is 2.62. The molecule has 1 aliphatic heterocycles. The maximum Gasteiger partial charge on any atom is 0.332 e. The molecule has 0 aliphatic carbocycles. The molecule has 2 aromatic heterocycles. The minimum Gasteiger partial charge on any atom is -0.354 e. The van der Waals surface area contributed by atoms with Crippen molar-refractivity contribution in [2.45, 2.75) is 6.92 Å². The molecule has 9 nitrogen and oxygen atoms in total. The topological polar surface area (TPSA) is 79.5 Å². The van der Waals surface area contributed by atoms with Crippen molar-refractivity contribution in [1.82, 2.24) is 19.1 Å². The zero-order chi connectivity index (χ0) is 19.0. The highest BCUT2D eigenvalue weighted by molar-refractivity contribution is 5.48. The highest BCUT2D eigenvalue weighted by atomic mass is 16.2. The molecule has 1 saturated heterocycles. The van der Waals surface area contributed by atoms with E-state index >= 15 is 0 Å². The lowest BCUT2D eigenvalue weighted by Crippen LogP contribution is -2.49. The monoisotopic (exact) mass is 359 g/mol. The van der Waals surface area contributed by atoms with Gasteiger partial charge in [-0.15, -0.1) is 0 Å². The molecule has 1 aliphatic rings. The summed E-state index contributed by atoms with van der Waals surface area (Å²) in [5.41, 5.74) is 0.333. The number of nitrogens with zero attached hydrogens (tertiary/aromatic N) is 7. The molecule has 0 aromatic carbocycles. The van der Waals surface area contributed by atoms with Crippen molar-refractivity contribution in [3.63, 3.8) is 0 Å². The summed E-state index contributed by atoms with van der Waals surface area (Å²) in [5, 5.41) is 0. The zero-order valence-corrected chi connectivity index (χ0v) is 15.9. The number of aryl methyl sites for hydroxylation is 1. The standard InChI is InChI=1S/C17H25N7O2/c1-12-10-13(19-16(18-12)20(2)3)23-6-8-24(9-7-23)14-11-15(25)22(5)17(26)21(14)4/h10-11H,6-9H2,1-5H3. The Hall–Kier alpha value is -2.84. The molecule has 0 atom stereocenters. The van der Waals surface area contributed by atoms with E-state index in [4.69, 9.17) is 0 Å². The molecule has 9 heteroatoms. The van der Waals surface area contributed by atoms with E-state index in [0.717, 1.165) is 29.2 Å². The second kappa shape index (κ2) is 6.81. The number of hydrogen-bond donors (Lipinski definition) is 0. The SMILES string of the molecule is Cc1cc(N2CCN(c3cc(=O)n(C)c(=O)n3C)CC2)nc(N(C)C)n1. The van der Waals surface area contributed by atoms with E-state index in [1.165, 1.54) is 17.7 Å². The highest BCUT2D eigenvalue weighted by Gasteiger charge is 2.22. The van der Waals surface area contributed by atoms with Gasteiger partial charge in [-0.05, 0) is 6.92 Å². The van der Waals surface area contributed by atoms with Crippen LogP contribution in [-0.4, -0.2) is 59.4 Å². The van der Waals surface area contributed by atoms with Gasteiger partial charge in [0.05, 0.1) is 0 Å². The summed E-state index contributed by atoms with van der Waals surface area (Å²) < 4.78 is 2.64. The molecule has 3 heterocycles. The summed E-state index contributed by atoms with van der Waals surface area (Å²) in [7, 11) is 7.03. The molecular formula is C17H25N7O2. The number of anilines is 3. The first-order valence-corrected chi connectivity index (χ1v) is 8.58. The van der Waals surface area contributed by atoms with E-state index in [0.29, 0.717) is 24.9 Å². The summed E-state index contributed by atoms with van der Waals surface area (Å²) in [6.45, 7) is 4.89. The van der Waals surface area contributed by atoms with E-state index in [9.17, 15) is 9.59 Å². The van der Waals surface area contributed by atoms with Crippen LogP contribution < -0.4 is 25.9 Å². The smallest absolute Gasteiger partial charge is 0.332 e. The highest BCUT2D eigenvalue weighted by Crippen LogP contribution is 2.20. The third-order valence-electron chi connectivity index (χ3n) is 4.66. The zero-order valence-electron chi connectivity index (χ0n) is 15.9.